The Morgan fingerprint density at radius 3 is 2.64 bits per heavy atom. The molecule has 0 radical (unpaired) electrons. The summed E-state index contributed by atoms with van der Waals surface area (Å²) in [7, 11) is 0. The molecular formula is C23H28N6O4. The number of aromatic nitrogens is 2. The molecular weight excluding hydrogens is 424 g/mol. The van der Waals surface area contributed by atoms with Gasteiger partial charge in [-0.1, -0.05) is 24.3 Å². The number of anilines is 2. The molecule has 0 bridgehead atoms. The molecule has 2 saturated heterocycles. The second kappa shape index (κ2) is 8.18. The van der Waals surface area contributed by atoms with Crippen LogP contribution in [0.15, 0.2) is 30.5 Å². The standard InChI is InChI=1S/C23H28N6O4/c1-3-29-19-18(10-33-22(29)32)8-24-20(26-19)25-15(2)17-6-4-16(5-7-17)9-27-11-23(12-27)13-28(14-23)21(30)31/h4-8,15H,3,9-14H2,1-2H3,(H,30,31)(H,24,25,26)/t15-/m0/s1. The zero-order chi connectivity index (χ0) is 23.2. The molecule has 10 nitrogen and oxygen atoms in total. The topological polar surface area (TPSA) is 111 Å². The fraction of sp³-hybridized carbons (Fsp3) is 0.478. The van der Waals surface area contributed by atoms with Gasteiger partial charge in [0, 0.05) is 50.9 Å². The van der Waals surface area contributed by atoms with Gasteiger partial charge in [0.2, 0.25) is 5.95 Å². The quantitative estimate of drug-likeness (QED) is 0.688. The van der Waals surface area contributed by atoms with E-state index in [-0.39, 0.29) is 24.2 Å². The van der Waals surface area contributed by atoms with Crippen molar-refractivity contribution >= 4 is 24.0 Å². The number of nitrogens with zero attached hydrogens (tertiary/aromatic N) is 5. The lowest BCUT2D eigenvalue weighted by Crippen LogP contribution is -2.72. The number of ether oxygens (including phenoxy) is 1. The summed E-state index contributed by atoms with van der Waals surface area (Å²) in [5.74, 6) is 1.07. The molecule has 3 aliphatic rings. The molecule has 10 heteroatoms. The number of carboxylic acid groups (broad SMARTS) is 1. The molecule has 2 fully saturated rings. The van der Waals surface area contributed by atoms with Crippen LogP contribution in [0.4, 0.5) is 21.4 Å². The second-order valence-electron chi connectivity index (χ2n) is 9.23. The van der Waals surface area contributed by atoms with Crippen LogP contribution in [-0.2, 0) is 17.9 Å². The number of nitrogens with one attached hydrogen (secondary N) is 1. The van der Waals surface area contributed by atoms with E-state index in [9.17, 15) is 9.59 Å². The summed E-state index contributed by atoms with van der Waals surface area (Å²) in [5.41, 5.74) is 3.32. The Labute approximate surface area is 192 Å². The molecule has 2 amide bonds. The Kier molecular flexibility index (Phi) is 5.32. The van der Waals surface area contributed by atoms with Gasteiger partial charge in [-0.3, -0.25) is 9.80 Å². The van der Waals surface area contributed by atoms with Crippen molar-refractivity contribution in [3.8, 4) is 0 Å². The first-order chi connectivity index (χ1) is 15.9. The van der Waals surface area contributed by atoms with Crippen LogP contribution in [0.3, 0.4) is 0 Å². The third kappa shape index (κ3) is 4.06. The minimum atomic E-state index is -0.816. The van der Waals surface area contributed by atoms with E-state index >= 15 is 0 Å². The van der Waals surface area contributed by atoms with Crippen molar-refractivity contribution in [2.75, 3.05) is 42.9 Å². The van der Waals surface area contributed by atoms with Crippen molar-refractivity contribution < 1.29 is 19.4 Å². The molecule has 5 rings (SSSR count). The summed E-state index contributed by atoms with van der Waals surface area (Å²) >= 11 is 0. The van der Waals surface area contributed by atoms with Gasteiger partial charge in [0.25, 0.3) is 0 Å². The maximum atomic E-state index is 12.0. The lowest BCUT2D eigenvalue weighted by molar-refractivity contribution is -0.105. The highest BCUT2D eigenvalue weighted by Crippen LogP contribution is 2.40. The van der Waals surface area contributed by atoms with Crippen molar-refractivity contribution in [1.29, 1.82) is 0 Å². The summed E-state index contributed by atoms with van der Waals surface area (Å²) in [5, 5.41) is 12.3. The van der Waals surface area contributed by atoms with E-state index in [0.717, 1.165) is 30.8 Å². The molecule has 174 valence electrons. The average molecular weight is 453 g/mol. The van der Waals surface area contributed by atoms with Crippen LogP contribution in [0.2, 0.25) is 0 Å². The Bertz CT molecular complexity index is 1060. The highest BCUT2D eigenvalue weighted by Gasteiger charge is 2.52. The predicted molar refractivity (Wildman–Crippen MR) is 121 cm³/mol. The van der Waals surface area contributed by atoms with E-state index in [4.69, 9.17) is 9.84 Å². The van der Waals surface area contributed by atoms with Crippen molar-refractivity contribution in [2.24, 2.45) is 5.41 Å². The van der Waals surface area contributed by atoms with Crippen LogP contribution in [-0.4, -0.2) is 69.8 Å². The number of cyclic esters (lactones) is 1. The minimum absolute atomic E-state index is 0.00743. The first-order valence-electron chi connectivity index (χ1n) is 11.2. The van der Waals surface area contributed by atoms with Crippen LogP contribution >= 0.6 is 0 Å². The molecule has 33 heavy (non-hydrogen) atoms. The molecule has 2 N–H and O–H groups in total. The second-order valence-corrected chi connectivity index (χ2v) is 9.23. The molecule has 0 unspecified atom stereocenters. The fourth-order valence-corrected chi connectivity index (χ4v) is 4.95. The zero-order valence-electron chi connectivity index (χ0n) is 18.8. The minimum Gasteiger partial charge on any atom is -0.465 e. The molecule has 2 aromatic rings. The van der Waals surface area contributed by atoms with E-state index in [1.807, 2.05) is 13.8 Å². The molecule has 0 aliphatic carbocycles. The van der Waals surface area contributed by atoms with Gasteiger partial charge in [-0.15, -0.1) is 0 Å². The normalized spacial score (nSPS) is 19.9. The molecule has 0 saturated carbocycles. The van der Waals surface area contributed by atoms with E-state index in [0.29, 0.717) is 31.4 Å². The van der Waals surface area contributed by atoms with Gasteiger partial charge in [-0.05, 0) is 25.0 Å². The van der Waals surface area contributed by atoms with Gasteiger partial charge in [0.1, 0.15) is 12.4 Å². The summed E-state index contributed by atoms with van der Waals surface area (Å²) in [6.45, 7) is 8.69. The Morgan fingerprint density at radius 2 is 1.97 bits per heavy atom. The smallest absolute Gasteiger partial charge is 0.415 e. The van der Waals surface area contributed by atoms with E-state index in [1.54, 1.807) is 6.20 Å². The van der Waals surface area contributed by atoms with Gasteiger partial charge in [-0.25, -0.2) is 14.6 Å². The van der Waals surface area contributed by atoms with Crippen molar-refractivity contribution in [2.45, 2.75) is 33.0 Å². The number of hydrogen-bond acceptors (Lipinski definition) is 7. The van der Waals surface area contributed by atoms with Gasteiger partial charge in [0.15, 0.2) is 0 Å². The number of rotatable bonds is 6. The first-order valence-corrected chi connectivity index (χ1v) is 11.2. The number of carbonyl (C=O) groups excluding carboxylic acids is 1. The van der Waals surface area contributed by atoms with Gasteiger partial charge in [-0.2, -0.15) is 4.98 Å². The van der Waals surface area contributed by atoms with Crippen molar-refractivity contribution in [3.05, 3.63) is 47.2 Å². The van der Waals surface area contributed by atoms with Gasteiger partial charge < -0.3 is 20.1 Å². The lowest BCUT2D eigenvalue weighted by atomic mass is 9.73. The molecule has 4 heterocycles. The van der Waals surface area contributed by atoms with Crippen LogP contribution in [0, 0.1) is 5.41 Å². The van der Waals surface area contributed by atoms with E-state index in [2.05, 4.69) is 44.5 Å². The summed E-state index contributed by atoms with van der Waals surface area (Å²) in [6, 6.07) is 8.46. The van der Waals surface area contributed by atoms with Crippen LogP contribution in [0.25, 0.3) is 0 Å². The molecule has 3 aliphatic heterocycles. The molecule has 1 atom stereocenters. The Balaban J connectivity index is 1.16. The number of carbonyl (C=O) groups is 2. The summed E-state index contributed by atoms with van der Waals surface area (Å²) in [4.78, 5) is 37.2. The highest BCUT2D eigenvalue weighted by molar-refractivity contribution is 5.89. The number of amides is 2. The first kappa shape index (κ1) is 21.4. The maximum absolute atomic E-state index is 12.0. The third-order valence-corrected chi connectivity index (χ3v) is 6.66. The van der Waals surface area contributed by atoms with Crippen molar-refractivity contribution in [3.63, 3.8) is 0 Å². The van der Waals surface area contributed by atoms with Crippen LogP contribution in [0.5, 0.6) is 0 Å². The fourth-order valence-electron chi connectivity index (χ4n) is 4.95. The van der Waals surface area contributed by atoms with Crippen LogP contribution < -0.4 is 10.2 Å². The largest absolute Gasteiger partial charge is 0.465 e. The average Bonchev–Trinajstić information content (AvgIpc) is 2.74. The lowest BCUT2D eigenvalue weighted by Gasteiger charge is -2.59. The molecule has 1 aromatic heterocycles. The SMILES string of the molecule is CCN1C(=O)OCc2cnc(N[C@@H](C)c3ccc(CN4CC5(C4)CN(C(=O)O)C5)cc3)nc21. The maximum Gasteiger partial charge on any atom is 0.415 e. The summed E-state index contributed by atoms with van der Waals surface area (Å²) < 4.78 is 5.14. The third-order valence-electron chi connectivity index (χ3n) is 6.66. The molecule has 1 spiro atoms. The number of hydrogen-bond donors (Lipinski definition) is 2. The number of fused-ring (bicyclic) bond motifs is 1. The Hall–Kier alpha value is -3.40. The predicted octanol–water partition coefficient (Wildman–Crippen LogP) is 2.92. The van der Waals surface area contributed by atoms with Crippen LogP contribution in [0.1, 0.15) is 36.6 Å². The molecule has 1 aromatic carbocycles. The van der Waals surface area contributed by atoms with E-state index in [1.165, 1.54) is 15.4 Å². The zero-order valence-corrected chi connectivity index (χ0v) is 18.8. The number of benzene rings is 1. The monoisotopic (exact) mass is 452 g/mol. The Morgan fingerprint density at radius 1 is 1.24 bits per heavy atom. The highest BCUT2D eigenvalue weighted by atomic mass is 16.6. The summed E-state index contributed by atoms with van der Waals surface area (Å²) in [6.07, 6.45) is 0.499. The number of likely N-dealkylation sites (tertiary alicyclic amines) is 2. The van der Waals surface area contributed by atoms with Crippen molar-refractivity contribution in [1.82, 2.24) is 19.8 Å². The van der Waals surface area contributed by atoms with Gasteiger partial charge >= 0.3 is 12.2 Å². The van der Waals surface area contributed by atoms with Gasteiger partial charge in [0.05, 0.1) is 11.6 Å². The van der Waals surface area contributed by atoms with E-state index < -0.39 is 6.09 Å².